The van der Waals surface area contributed by atoms with Crippen LogP contribution < -0.4 is 5.43 Å². The Morgan fingerprint density at radius 2 is 1.95 bits per heavy atom. The Morgan fingerprint density at radius 1 is 1.26 bits per heavy atom. The van der Waals surface area contributed by atoms with Gasteiger partial charge in [-0.2, -0.15) is 5.10 Å². The van der Waals surface area contributed by atoms with E-state index in [-0.39, 0.29) is 23.0 Å². The van der Waals surface area contributed by atoms with Crippen LogP contribution in [0.15, 0.2) is 23.0 Å². The predicted molar refractivity (Wildman–Crippen MR) is 64.0 cm³/mol. The molecule has 0 saturated carbocycles. The quantitative estimate of drug-likeness (QED) is 0.629. The lowest BCUT2D eigenvalue weighted by molar-refractivity contribution is 0.442. The van der Waals surface area contributed by atoms with Crippen molar-refractivity contribution in [3.8, 4) is 5.69 Å². The molecule has 0 bridgehead atoms. The molecule has 1 aromatic heterocycles. The molecule has 100 valence electrons. The summed E-state index contributed by atoms with van der Waals surface area (Å²) in [7, 11) is 0. The Labute approximate surface area is 111 Å². The van der Waals surface area contributed by atoms with E-state index >= 15 is 0 Å². The first kappa shape index (κ1) is 13.6. The number of aryl methyl sites for hydroxylation is 1. The van der Waals surface area contributed by atoms with Gasteiger partial charge in [0.2, 0.25) is 5.43 Å². The molecule has 0 spiro atoms. The lowest BCUT2D eigenvalue weighted by Gasteiger charge is -2.11. The van der Waals surface area contributed by atoms with E-state index in [2.05, 4.69) is 5.10 Å². The molecule has 0 unspecified atom stereocenters. The van der Waals surface area contributed by atoms with Gasteiger partial charge >= 0.3 is 0 Å². The molecule has 0 aliphatic carbocycles. The van der Waals surface area contributed by atoms with E-state index < -0.39 is 22.9 Å². The molecule has 19 heavy (non-hydrogen) atoms. The van der Waals surface area contributed by atoms with Gasteiger partial charge in [0.1, 0.15) is 11.4 Å². The normalized spacial score (nSPS) is 10.8. The number of benzene rings is 1. The van der Waals surface area contributed by atoms with Crippen molar-refractivity contribution >= 4 is 11.6 Å². The number of rotatable bonds is 2. The molecule has 0 fully saturated rings. The van der Waals surface area contributed by atoms with E-state index in [4.69, 9.17) is 11.6 Å². The summed E-state index contributed by atoms with van der Waals surface area (Å²) in [5.74, 6) is -4.42. The van der Waals surface area contributed by atoms with Gasteiger partial charge in [-0.25, -0.2) is 17.9 Å². The highest BCUT2D eigenvalue weighted by molar-refractivity contribution is 6.16. The molecular weight excluding hydrogens is 281 g/mol. The maximum atomic E-state index is 13.7. The van der Waals surface area contributed by atoms with E-state index in [0.29, 0.717) is 0 Å². The summed E-state index contributed by atoms with van der Waals surface area (Å²) >= 11 is 5.54. The molecule has 0 saturated heterocycles. The number of alkyl halides is 1. The van der Waals surface area contributed by atoms with Crippen LogP contribution >= 0.6 is 11.6 Å². The fraction of sp³-hybridized carbons (Fsp3) is 0.167. The maximum absolute atomic E-state index is 13.7. The first-order valence-corrected chi connectivity index (χ1v) is 5.79. The molecule has 0 aliphatic rings. The number of halogens is 4. The second-order valence-corrected chi connectivity index (χ2v) is 4.10. The van der Waals surface area contributed by atoms with Crippen LogP contribution in [-0.2, 0) is 5.88 Å². The summed E-state index contributed by atoms with van der Waals surface area (Å²) in [5.41, 5.74) is -0.408. The Kier molecular flexibility index (Phi) is 3.61. The minimum atomic E-state index is -1.59. The molecule has 3 nitrogen and oxygen atoms in total. The maximum Gasteiger partial charge on any atom is 0.204 e. The molecule has 7 heteroatoms. The average molecular weight is 289 g/mol. The summed E-state index contributed by atoms with van der Waals surface area (Å²) in [6.07, 6.45) is 0. The zero-order valence-corrected chi connectivity index (χ0v) is 10.5. The fourth-order valence-corrected chi connectivity index (χ4v) is 1.78. The van der Waals surface area contributed by atoms with E-state index in [1.807, 2.05) is 0 Å². The van der Waals surface area contributed by atoms with Crippen LogP contribution in [0.2, 0.25) is 0 Å². The van der Waals surface area contributed by atoms with Crippen molar-refractivity contribution in [1.29, 1.82) is 0 Å². The van der Waals surface area contributed by atoms with Crippen molar-refractivity contribution in [1.82, 2.24) is 9.78 Å². The largest absolute Gasteiger partial charge is 0.288 e. The third-order valence-electron chi connectivity index (χ3n) is 2.55. The van der Waals surface area contributed by atoms with Gasteiger partial charge in [0.05, 0.1) is 5.88 Å². The van der Waals surface area contributed by atoms with Crippen molar-refractivity contribution in [2.75, 3.05) is 0 Å². The number of nitrogens with zero attached hydrogens (tertiary/aromatic N) is 2. The van der Waals surface area contributed by atoms with Gasteiger partial charge < -0.3 is 0 Å². The second-order valence-electron chi connectivity index (χ2n) is 3.84. The SMILES string of the molecule is Cc1cc(=O)c(CCl)nn1-c1ccc(F)c(F)c1F. The Balaban J connectivity index is 2.72. The smallest absolute Gasteiger partial charge is 0.204 e. The van der Waals surface area contributed by atoms with Crippen LogP contribution in [0.5, 0.6) is 0 Å². The fourth-order valence-electron chi connectivity index (χ4n) is 1.60. The van der Waals surface area contributed by atoms with Crippen molar-refractivity contribution in [3.63, 3.8) is 0 Å². The third kappa shape index (κ3) is 2.35. The molecule has 0 N–H and O–H groups in total. The van der Waals surface area contributed by atoms with Crippen LogP contribution in [-0.4, -0.2) is 9.78 Å². The lowest BCUT2D eigenvalue weighted by Crippen LogP contribution is -2.19. The van der Waals surface area contributed by atoms with Crippen LogP contribution in [0, 0.1) is 24.4 Å². The summed E-state index contributed by atoms with van der Waals surface area (Å²) in [5, 5.41) is 3.84. The Morgan fingerprint density at radius 3 is 2.58 bits per heavy atom. The number of aromatic nitrogens is 2. The molecule has 2 aromatic rings. The standard InChI is InChI=1S/C12H8ClF3N2O/c1-6-4-10(19)8(5-13)17-18(6)9-3-2-7(14)11(15)12(9)16/h2-4H,5H2,1H3. The molecule has 0 amide bonds. The molecule has 0 radical (unpaired) electrons. The lowest BCUT2D eigenvalue weighted by atomic mass is 10.2. The van der Waals surface area contributed by atoms with Crippen LogP contribution in [0.1, 0.15) is 11.4 Å². The number of hydrogen-bond acceptors (Lipinski definition) is 2. The summed E-state index contributed by atoms with van der Waals surface area (Å²) in [6, 6.07) is 3.02. The second kappa shape index (κ2) is 5.05. The predicted octanol–water partition coefficient (Wildman–Crippen LogP) is 2.70. The first-order chi connectivity index (χ1) is 8.95. The van der Waals surface area contributed by atoms with Crippen molar-refractivity contribution < 1.29 is 13.2 Å². The highest BCUT2D eigenvalue weighted by atomic mass is 35.5. The van der Waals surface area contributed by atoms with Gasteiger partial charge in [0, 0.05) is 11.8 Å². The zero-order chi connectivity index (χ0) is 14.2. The summed E-state index contributed by atoms with van der Waals surface area (Å²) < 4.78 is 40.7. The zero-order valence-electron chi connectivity index (χ0n) is 9.75. The van der Waals surface area contributed by atoms with Crippen LogP contribution in [0.25, 0.3) is 5.69 Å². The van der Waals surface area contributed by atoms with E-state index in [1.165, 1.54) is 13.0 Å². The minimum absolute atomic E-state index is 0.00333. The molecular formula is C12H8ClF3N2O. The monoisotopic (exact) mass is 288 g/mol. The van der Waals surface area contributed by atoms with Crippen LogP contribution in [0.4, 0.5) is 13.2 Å². The van der Waals surface area contributed by atoms with Gasteiger partial charge in [-0.3, -0.25) is 4.79 Å². The molecule has 1 heterocycles. The van der Waals surface area contributed by atoms with Gasteiger partial charge in [0.25, 0.3) is 0 Å². The topological polar surface area (TPSA) is 34.9 Å². The van der Waals surface area contributed by atoms with E-state index in [0.717, 1.165) is 16.8 Å². The van der Waals surface area contributed by atoms with Gasteiger partial charge in [0.15, 0.2) is 17.5 Å². The molecule has 1 aromatic carbocycles. The van der Waals surface area contributed by atoms with Crippen molar-refractivity contribution in [2.45, 2.75) is 12.8 Å². The Hall–Kier alpha value is -1.82. The Bertz CT molecular complexity index is 700. The summed E-state index contributed by atoms with van der Waals surface area (Å²) in [4.78, 5) is 11.5. The molecule has 0 atom stereocenters. The van der Waals surface area contributed by atoms with Gasteiger partial charge in [-0.1, -0.05) is 0 Å². The molecule has 0 aliphatic heterocycles. The van der Waals surface area contributed by atoms with Gasteiger partial charge in [-0.05, 0) is 19.1 Å². The highest BCUT2D eigenvalue weighted by Crippen LogP contribution is 2.19. The van der Waals surface area contributed by atoms with E-state index in [9.17, 15) is 18.0 Å². The first-order valence-electron chi connectivity index (χ1n) is 5.25. The third-order valence-corrected chi connectivity index (χ3v) is 2.80. The molecule has 2 rings (SSSR count). The summed E-state index contributed by atoms with van der Waals surface area (Å²) in [6.45, 7) is 1.49. The van der Waals surface area contributed by atoms with Crippen molar-refractivity contribution in [3.05, 3.63) is 57.3 Å². The highest BCUT2D eigenvalue weighted by Gasteiger charge is 2.17. The number of hydrogen-bond donors (Lipinski definition) is 0. The average Bonchev–Trinajstić information content (AvgIpc) is 2.37. The van der Waals surface area contributed by atoms with Crippen molar-refractivity contribution in [2.24, 2.45) is 0 Å². The van der Waals surface area contributed by atoms with Crippen LogP contribution in [0.3, 0.4) is 0 Å². The minimum Gasteiger partial charge on any atom is -0.288 e. The van der Waals surface area contributed by atoms with Gasteiger partial charge in [-0.15, -0.1) is 11.6 Å². The van der Waals surface area contributed by atoms with E-state index in [1.54, 1.807) is 0 Å².